The van der Waals surface area contributed by atoms with Crippen LogP contribution in [0.3, 0.4) is 0 Å². The number of nitrogens with zero attached hydrogens (tertiary/aromatic N) is 2. The maximum Gasteiger partial charge on any atom is 0.338 e. The van der Waals surface area contributed by atoms with Crippen molar-refractivity contribution >= 4 is 47.2 Å². The smallest absolute Gasteiger partial charge is 0.338 e. The van der Waals surface area contributed by atoms with Crippen molar-refractivity contribution in [3.8, 4) is 5.69 Å². The van der Waals surface area contributed by atoms with Crippen LogP contribution in [0.2, 0.25) is 0 Å². The van der Waals surface area contributed by atoms with Gasteiger partial charge in [0.15, 0.2) is 14.9 Å². The van der Waals surface area contributed by atoms with Gasteiger partial charge in [-0.15, -0.1) is 5.10 Å². The van der Waals surface area contributed by atoms with Gasteiger partial charge < -0.3 is 10.1 Å². The second-order valence-electron chi connectivity index (χ2n) is 6.81. The predicted octanol–water partition coefficient (Wildman–Crippen LogP) is 4.24. The first-order valence-electron chi connectivity index (χ1n) is 9.19. The highest BCUT2D eigenvalue weighted by molar-refractivity contribution is 8.00. The van der Waals surface area contributed by atoms with E-state index in [2.05, 4.69) is 17.3 Å². The van der Waals surface area contributed by atoms with Crippen LogP contribution < -0.4 is 5.32 Å². The van der Waals surface area contributed by atoms with Crippen LogP contribution in [0.4, 0.5) is 0 Å². The molecule has 0 saturated heterocycles. The summed E-state index contributed by atoms with van der Waals surface area (Å²) in [6, 6.07) is 7.00. The molecule has 1 saturated carbocycles. The van der Waals surface area contributed by atoms with Crippen LogP contribution in [0.25, 0.3) is 5.69 Å². The number of esters is 1. The predicted molar refractivity (Wildman–Crippen MR) is 114 cm³/mol. The topological polar surface area (TPSA) is 73.2 Å². The zero-order chi connectivity index (χ0) is 20.1. The van der Waals surface area contributed by atoms with Gasteiger partial charge in [-0.2, -0.15) is 0 Å². The summed E-state index contributed by atoms with van der Waals surface area (Å²) in [4.78, 5) is 24.3. The van der Waals surface area contributed by atoms with Crippen molar-refractivity contribution in [1.29, 1.82) is 0 Å². The van der Waals surface area contributed by atoms with E-state index < -0.39 is 5.97 Å². The molecule has 28 heavy (non-hydrogen) atoms. The lowest BCUT2D eigenvalue weighted by Crippen LogP contribution is -2.42. The summed E-state index contributed by atoms with van der Waals surface area (Å²) >= 11 is 8.30. The fourth-order valence-corrected chi connectivity index (χ4v) is 5.02. The lowest BCUT2D eigenvalue weighted by Gasteiger charge is -2.29. The van der Waals surface area contributed by atoms with Gasteiger partial charge in [0.2, 0.25) is 0 Å². The molecule has 3 rings (SSSR count). The summed E-state index contributed by atoms with van der Waals surface area (Å²) in [6.45, 7) is 1.88. The summed E-state index contributed by atoms with van der Waals surface area (Å²) in [5, 5.41) is 7.40. The highest BCUT2D eigenvalue weighted by Crippen LogP contribution is 2.24. The Kier molecular flexibility index (Phi) is 7.25. The van der Waals surface area contributed by atoms with Crippen LogP contribution in [0.1, 0.15) is 43.0 Å². The first kappa shape index (κ1) is 21.0. The maximum absolute atomic E-state index is 12.2. The largest absolute Gasteiger partial charge is 0.452 e. The number of carbonyl (C=O) groups excluding carboxylic acids is 2. The summed E-state index contributed by atoms with van der Waals surface area (Å²) in [6.07, 6.45) is 6.40. The number of ether oxygens (including phenoxy) is 1. The third-order valence-electron chi connectivity index (χ3n) is 4.84. The van der Waals surface area contributed by atoms with E-state index in [0.717, 1.165) is 29.3 Å². The number of hydrogen-bond donors (Lipinski definition) is 1. The lowest BCUT2D eigenvalue weighted by molar-refractivity contribution is -0.125. The van der Waals surface area contributed by atoms with Crippen molar-refractivity contribution in [2.24, 2.45) is 5.92 Å². The van der Waals surface area contributed by atoms with E-state index in [1.807, 2.05) is 6.26 Å². The zero-order valence-corrected chi connectivity index (χ0v) is 18.3. The Morgan fingerprint density at radius 3 is 2.68 bits per heavy atom. The molecule has 2 atom stereocenters. The van der Waals surface area contributed by atoms with Crippen molar-refractivity contribution in [1.82, 2.24) is 15.1 Å². The number of amides is 1. The highest BCUT2D eigenvalue weighted by atomic mass is 32.2. The Labute approximate surface area is 177 Å². The molecule has 1 amide bonds. The quantitative estimate of drug-likeness (QED) is 0.414. The molecule has 2 aromatic rings. The number of carbonyl (C=O) groups is 2. The molecule has 1 heterocycles. The minimum Gasteiger partial charge on any atom is -0.452 e. The molecule has 1 fully saturated rings. The highest BCUT2D eigenvalue weighted by Gasteiger charge is 2.23. The molecular weight excluding hydrogens is 414 g/mol. The second-order valence-corrected chi connectivity index (χ2v) is 9.48. The molecule has 0 spiro atoms. The fourth-order valence-electron chi connectivity index (χ4n) is 3.24. The molecule has 0 aliphatic heterocycles. The van der Waals surface area contributed by atoms with Gasteiger partial charge in [0.1, 0.15) is 0 Å². The van der Waals surface area contributed by atoms with Gasteiger partial charge in [0, 0.05) is 6.04 Å². The van der Waals surface area contributed by atoms with Gasteiger partial charge in [-0.25, -0.2) is 9.48 Å². The first-order chi connectivity index (χ1) is 13.5. The van der Waals surface area contributed by atoms with Crippen LogP contribution in [-0.4, -0.2) is 40.6 Å². The summed E-state index contributed by atoms with van der Waals surface area (Å²) < 4.78 is 8.36. The molecule has 1 aliphatic carbocycles. The Morgan fingerprint density at radius 1 is 1.32 bits per heavy atom. The minimum atomic E-state index is -0.523. The van der Waals surface area contributed by atoms with Crippen LogP contribution in [-0.2, 0) is 9.53 Å². The maximum atomic E-state index is 12.2. The molecule has 6 nitrogen and oxygen atoms in total. The molecular formula is C19H23N3O3S3. The number of rotatable bonds is 6. The third-order valence-corrected chi connectivity index (χ3v) is 7.05. The number of thioether (sulfide) groups is 1. The lowest BCUT2D eigenvalue weighted by atomic mass is 9.86. The van der Waals surface area contributed by atoms with Crippen LogP contribution >= 0.6 is 35.3 Å². The van der Waals surface area contributed by atoms with E-state index >= 15 is 0 Å². The molecule has 1 aromatic heterocycles. The van der Waals surface area contributed by atoms with Gasteiger partial charge in [-0.05, 0) is 61.5 Å². The van der Waals surface area contributed by atoms with Gasteiger partial charge in [0.05, 0.1) is 11.3 Å². The Balaban J connectivity index is 1.55. The van der Waals surface area contributed by atoms with Gasteiger partial charge in [0.25, 0.3) is 5.91 Å². The number of nitrogens with one attached hydrogen (secondary N) is 1. The van der Waals surface area contributed by atoms with E-state index in [1.54, 1.807) is 28.9 Å². The summed E-state index contributed by atoms with van der Waals surface area (Å²) in [5.41, 5.74) is 1.16. The summed E-state index contributed by atoms with van der Waals surface area (Å²) in [5.74, 6) is -0.308. The average Bonchev–Trinajstić information content (AvgIpc) is 3.09. The molecule has 1 N–H and O–H groups in total. The van der Waals surface area contributed by atoms with E-state index in [0.29, 0.717) is 15.4 Å². The van der Waals surface area contributed by atoms with Crippen molar-refractivity contribution in [2.75, 3.05) is 12.9 Å². The molecule has 0 bridgehead atoms. The van der Waals surface area contributed by atoms with Gasteiger partial charge in [-0.1, -0.05) is 42.9 Å². The number of benzene rings is 1. The van der Waals surface area contributed by atoms with Gasteiger partial charge >= 0.3 is 5.97 Å². The molecule has 150 valence electrons. The normalized spacial score (nSPS) is 19.2. The van der Waals surface area contributed by atoms with E-state index in [-0.39, 0.29) is 18.6 Å². The minimum absolute atomic E-state index is 0.174. The molecule has 1 aromatic carbocycles. The van der Waals surface area contributed by atoms with Crippen molar-refractivity contribution in [2.45, 2.75) is 43.0 Å². The molecule has 2 unspecified atom stereocenters. The second kappa shape index (κ2) is 9.67. The third kappa shape index (κ3) is 5.21. The van der Waals surface area contributed by atoms with Gasteiger partial charge in [-0.3, -0.25) is 4.79 Å². The van der Waals surface area contributed by atoms with Crippen LogP contribution in [0.5, 0.6) is 0 Å². The van der Waals surface area contributed by atoms with E-state index in [4.69, 9.17) is 17.0 Å². The Morgan fingerprint density at radius 2 is 2.04 bits per heavy atom. The average molecular weight is 438 g/mol. The van der Waals surface area contributed by atoms with E-state index in [9.17, 15) is 9.59 Å². The number of hydrogen-bond acceptors (Lipinski definition) is 7. The van der Waals surface area contributed by atoms with Crippen molar-refractivity contribution in [3.63, 3.8) is 0 Å². The fraction of sp³-hybridized carbons (Fsp3) is 0.474. The van der Waals surface area contributed by atoms with Crippen molar-refractivity contribution < 1.29 is 14.3 Å². The van der Waals surface area contributed by atoms with Crippen molar-refractivity contribution in [3.05, 3.63) is 33.8 Å². The summed E-state index contributed by atoms with van der Waals surface area (Å²) in [7, 11) is 0. The van der Waals surface area contributed by atoms with Crippen LogP contribution in [0, 0.1) is 9.87 Å². The SMILES string of the molecule is CSc1nn(-c2ccc(C(=O)OCC(=O)NC3CCCCC3C)cc2)c(=S)s1. The standard InChI is InChI=1S/C19H23N3O3S3/c1-12-5-3-4-6-15(12)20-16(23)11-25-17(24)13-7-9-14(10-8-13)22-19(26)28-18(21-22)27-2/h7-10,12,15H,3-6,11H2,1-2H3,(H,20,23). The molecule has 1 aliphatic rings. The van der Waals surface area contributed by atoms with Crippen LogP contribution in [0.15, 0.2) is 28.6 Å². The first-order valence-corrected chi connectivity index (χ1v) is 11.6. The zero-order valence-electron chi connectivity index (χ0n) is 15.8. The molecule has 0 radical (unpaired) electrons. The monoisotopic (exact) mass is 437 g/mol. The molecule has 9 heteroatoms. The Hall–Kier alpha value is -1.71. The Bertz CT molecular complexity index is 892. The number of aromatic nitrogens is 2. The van der Waals surface area contributed by atoms with E-state index in [1.165, 1.54) is 29.5 Å².